The molecule has 0 aromatic heterocycles. The van der Waals surface area contributed by atoms with Crippen molar-refractivity contribution in [3.05, 3.63) is 29.8 Å². The first kappa shape index (κ1) is 18.3. The number of benzene rings is 1. The molecule has 1 amide bonds. The topological polar surface area (TPSA) is 73.9 Å². The molecule has 0 unspecified atom stereocenters. The minimum Gasteiger partial charge on any atom is -0.494 e. The third kappa shape index (κ3) is 6.20. The van der Waals surface area contributed by atoms with E-state index in [4.69, 9.17) is 14.2 Å². The zero-order valence-corrected chi connectivity index (χ0v) is 14.1. The fraction of sp³-hybridized carbons (Fsp3) is 0.556. The molecule has 1 heterocycles. The van der Waals surface area contributed by atoms with Gasteiger partial charge in [0.1, 0.15) is 5.75 Å². The van der Waals surface area contributed by atoms with Crippen LogP contribution in [0.5, 0.6) is 5.75 Å². The summed E-state index contributed by atoms with van der Waals surface area (Å²) in [6, 6.07) is 6.72. The number of amides is 1. The maximum atomic E-state index is 11.9. The highest BCUT2D eigenvalue weighted by molar-refractivity contribution is 5.91. The third-order valence-corrected chi connectivity index (χ3v) is 3.74. The fourth-order valence-electron chi connectivity index (χ4n) is 2.32. The van der Waals surface area contributed by atoms with Crippen LogP contribution in [0.4, 0.5) is 0 Å². The number of ether oxygens (including phenoxy) is 3. The number of carbonyl (C=O) groups excluding carboxylic acids is 2. The highest BCUT2D eigenvalue weighted by Crippen LogP contribution is 2.13. The molecular formula is C18H25NO5. The Kier molecular flexibility index (Phi) is 7.55. The average molecular weight is 335 g/mol. The van der Waals surface area contributed by atoms with Crippen LogP contribution in [0.25, 0.3) is 0 Å². The number of carbonyl (C=O) groups is 2. The van der Waals surface area contributed by atoms with Gasteiger partial charge in [0.2, 0.25) is 0 Å². The average Bonchev–Trinajstić information content (AvgIpc) is 3.12. The molecule has 1 aromatic rings. The molecule has 132 valence electrons. The number of hydrogen-bond acceptors (Lipinski definition) is 5. The molecule has 0 radical (unpaired) electrons. The van der Waals surface area contributed by atoms with Gasteiger partial charge in [-0.3, -0.25) is 4.79 Å². The number of rotatable bonds is 9. The Hall–Kier alpha value is -2.08. The lowest BCUT2D eigenvalue weighted by Gasteiger charge is -2.11. The van der Waals surface area contributed by atoms with Gasteiger partial charge in [0.05, 0.1) is 18.3 Å². The van der Waals surface area contributed by atoms with Crippen molar-refractivity contribution in [3.8, 4) is 5.75 Å². The highest BCUT2D eigenvalue weighted by Gasteiger charge is 2.17. The van der Waals surface area contributed by atoms with Crippen LogP contribution in [0, 0.1) is 0 Å². The Morgan fingerprint density at radius 1 is 1.29 bits per heavy atom. The molecule has 1 aromatic carbocycles. The van der Waals surface area contributed by atoms with Crippen LogP contribution in [-0.4, -0.2) is 44.3 Å². The van der Waals surface area contributed by atoms with Gasteiger partial charge >= 0.3 is 5.97 Å². The lowest BCUT2D eigenvalue weighted by molar-refractivity contribution is -0.124. The van der Waals surface area contributed by atoms with Crippen LogP contribution in [0.1, 0.15) is 43.0 Å². The zero-order valence-electron chi connectivity index (χ0n) is 14.1. The van der Waals surface area contributed by atoms with Crippen LogP contribution in [0.2, 0.25) is 0 Å². The van der Waals surface area contributed by atoms with Crippen molar-refractivity contribution in [1.82, 2.24) is 5.32 Å². The minimum absolute atomic E-state index is 0.0740. The van der Waals surface area contributed by atoms with Crippen LogP contribution in [0.3, 0.4) is 0 Å². The summed E-state index contributed by atoms with van der Waals surface area (Å²) < 4.78 is 16.0. The van der Waals surface area contributed by atoms with Crippen molar-refractivity contribution in [1.29, 1.82) is 0 Å². The molecule has 0 spiro atoms. The van der Waals surface area contributed by atoms with Crippen molar-refractivity contribution >= 4 is 11.9 Å². The molecule has 1 aliphatic rings. The summed E-state index contributed by atoms with van der Waals surface area (Å²) >= 11 is 0. The fourth-order valence-corrected chi connectivity index (χ4v) is 2.32. The first-order valence-corrected chi connectivity index (χ1v) is 8.47. The number of unbranched alkanes of at least 4 members (excludes halogenated alkanes) is 1. The zero-order chi connectivity index (χ0) is 17.2. The minimum atomic E-state index is -0.526. The van der Waals surface area contributed by atoms with Crippen molar-refractivity contribution in [2.24, 2.45) is 0 Å². The van der Waals surface area contributed by atoms with Crippen LogP contribution < -0.4 is 10.1 Å². The van der Waals surface area contributed by atoms with Crippen molar-refractivity contribution < 1.29 is 23.8 Å². The summed E-state index contributed by atoms with van der Waals surface area (Å²) in [4.78, 5) is 23.6. The predicted molar refractivity (Wildman–Crippen MR) is 89.1 cm³/mol. The second-order valence-corrected chi connectivity index (χ2v) is 5.74. The van der Waals surface area contributed by atoms with Gasteiger partial charge in [-0.05, 0) is 43.5 Å². The van der Waals surface area contributed by atoms with Gasteiger partial charge in [0.15, 0.2) is 6.61 Å². The molecule has 1 atom stereocenters. The summed E-state index contributed by atoms with van der Waals surface area (Å²) in [6.45, 7) is 3.67. The first-order valence-electron chi connectivity index (χ1n) is 8.47. The van der Waals surface area contributed by atoms with E-state index in [2.05, 4.69) is 12.2 Å². The summed E-state index contributed by atoms with van der Waals surface area (Å²) in [5.41, 5.74) is 0.393. The van der Waals surface area contributed by atoms with E-state index in [1.165, 1.54) is 0 Å². The van der Waals surface area contributed by atoms with E-state index >= 15 is 0 Å². The largest absolute Gasteiger partial charge is 0.494 e. The predicted octanol–water partition coefficient (Wildman–Crippen LogP) is 2.32. The lowest BCUT2D eigenvalue weighted by Crippen LogP contribution is -2.34. The molecule has 6 nitrogen and oxygen atoms in total. The van der Waals surface area contributed by atoms with E-state index in [0.29, 0.717) is 24.5 Å². The van der Waals surface area contributed by atoms with Crippen LogP contribution >= 0.6 is 0 Å². The second-order valence-electron chi connectivity index (χ2n) is 5.74. The first-order chi connectivity index (χ1) is 11.7. The molecule has 1 aliphatic heterocycles. The number of hydrogen-bond donors (Lipinski definition) is 1. The summed E-state index contributed by atoms with van der Waals surface area (Å²) in [5, 5.41) is 2.71. The highest BCUT2D eigenvalue weighted by atomic mass is 16.5. The molecule has 1 saturated heterocycles. The quantitative estimate of drug-likeness (QED) is 0.554. The maximum Gasteiger partial charge on any atom is 0.338 e. The van der Waals surface area contributed by atoms with E-state index in [0.717, 1.165) is 32.3 Å². The van der Waals surface area contributed by atoms with Crippen molar-refractivity contribution in [2.45, 2.75) is 38.7 Å². The molecule has 1 fully saturated rings. The molecular weight excluding hydrogens is 310 g/mol. The van der Waals surface area contributed by atoms with Gasteiger partial charge < -0.3 is 19.5 Å². The van der Waals surface area contributed by atoms with Crippen LogP contribution in [0.15, 0.2) is 24.3 Å². The SMILES string of the molecule is CCCCOc1ccc(C(=O)OCC(=O)NC[C@H]2CCCO2)cc1. The Bertz CT molecular complexity index is 523. The van der Waals surface area contributed by atoms with E-state index in [1.807, 2.05) is 0 Å². The van der Waals surface area contributed by atoms with Gasteiger partial charge in [-0.15, -0.1) is 0 Å². The van der Waals surface area contributed by atoms with Crippen molar-refractivity contribution in [2.75, 3.05) is 26.4 Å². The normalized spacial score (nSPS) is 16.6. The van der Waals surface area contributed by atoms with Gasteiger partial charge in [-0.2, -0.15) is 0 Å². The van der Waals surface area contributed by atoms with Gasteiger partial charge in [-0.25, -0.2) is 4.79 Å². The van der Waals surface area contributed by atoms with Crippen LogP contribution in [-0.2, 0) is 14.3 Å². The lowest BCUT2D eigenvalue weighted by atomic mass is 10.2. The van der Waals surface area contributed by atoms with Gasteiger partial charge in [0, 0.05) is 13.2 Å². The van der Waals surface area contributed by atoms with Crippen molar-refractivity contribution in [3.63, 3.8) is 0 Å². The van der Waals surface area contributed by atoms with Gasteiger partial charge in [0.25, 0.3) is 5.91 Å². The maximum absolute atomic E-state index is 11.9. The molecule has 6 heteroatoms. The standard InChI is InChI=1S/C18H25NO5/c1-2-3-10-22-15-8-6-14(7-9-15)18(21)24-13-17(20)19-12-16-5-4-11-23-16/h6-9,16H,2-5,10-13H2,1H3,(H,19,20)/t16-/m1/s1. The molecule has 1 N–H and O–H groups in total. The Morgan fingerprint density at radius 3 is 2.75 bits per heavy atom. The van der Waals surface area contributed by atoms with Gasteiger partial charge in [-0.1, -0.05) is 13.3 Å². The number of nitrogens with one attached hydrogen (secondary N) is 1. The third-order valence-electron chi connectivity index (χ3n) is 3.74. The van der Waals surface area contributed by atoms with E-state index < -0.39 is 5.97 Å². The van der Waals surface area contributed by atoms with E-state index in [9.17, 15) is 9.59 Å². The summed E-state index contributed by atoms with van der Waals surface area (Å²) in [5.74, 6) is -0.130. The Balaban J connectivity index is 1.68. The molecule has 2 rings (SSSR count). The summed E-state index contributed by atoms with van der Waals surface area (Å²) in [7, 11) is 0. The van der Waals surface area contributed by atoms with E-state index in [1.54, 1.807) is 24.3 Å². The van der Waals surface area contributed by atoms with E-state index in [-0.39, 0.29) is 18.6 Å². The molecule has 24 heavy (non-hydrogen) atoms. The number of esters is 1. The second kappa shape index (κ2) is 9.93. The Labute approximate surface area is 142 Å². The smallest absolute Gasteiger partial charge is 0.338 e. The molecule has 0 bridgehead atoms. The Morgan fingerprint density at radius 2 is 2.08 bits per heavy atom. The summed E-state index contributed by atoms with van der Waals surface area (Å²) in [6.07, 6.45) is 4.11. The molecule has 0 aliphatic carbocycles. The monoisotopic (exact) mass is 335 g/mol. The molecule has 0 saturated carbocycles.